The van der Waals surface area contributed by atoms with Crippen molar-refractivity contribution in [3.63, 3.8) is 0 Å². The lowest BCUT2D eigenvalue weighted by Crippen LogP contribution is -2.48. The molecule has 0 N–H and O–H groups in total. The summed E-state index contributed by atoms with van der Waals surface area (Å²) in [6.07, 6.45) is 0. The number of sulfonamides is 1. The van der Waals surface area contributed by atoms with Crippen LogP contribution in [0.3, 0.4) is 0 Å². The minimum Gasteiger partial charge on any atom is -0.363 e. The number of rotatable bonds is 5. The first kappa shape index (κ1) is 20.2. The maximum Gasteiger partial charge on any atom is 0.293 e. The fourth-order valence-corrected chi connectivity index (χ4v) is 4.63. The third kappa shape index (κ3) is 4.01. The minimum atomic E-state index is -3.66. The Morgan fingerprint density at radius 3 is 2.21 bits per heavy atom. The van der Waals surface area contributed by atoms with Crippen LogP contribution in [-0.4, -0.2) is 49.6 Å². The number of anilines is 1. The Morgan fingerprint density at radius 2 is 1.68 bits per heavy atom. The zero-order valence-electron chi connectivity index (χ0n) is 15.0. The maximum atomic E-state index is 12.8. The number of benzene rings is 2. The molecule has 0 aliphatic carbocycles. The SMILES string of the molecule is CC(=O)c1ccc(N2CCN(S(=O)(=O)c3ccc(Cl)cc3)CC2)c([N+](=O)[O-])c1. The molecule has 1 fully saturated rings. The van der Waals surface area contributed by atoms with Gasteiger partial charge in [0.05, 0.1) is 9.82 Å². The topological polar surface area (TPSA) is 101 Å². The van der Waals surface area contributed by atoms with Gasteiger partial charge in [0.2, 0.25) is 10.0 Å². The Kier molecular flexibility index (Phi) is 5.69. The lowest BCUT2D eigenvalue weighted by Gasteiger charge is -2.35. The number of hydrogen-bond donors (Lipinski definition) is 0. The van der Waals surface area contributed by atoms with Crippen LogP contribution < -0.4 is 4.90 Å². The number of nitro benzene ring substituents is 1. The van der Waals surface area contributed by atoms with E-state index in [-0.39, 0.29) is 35.0 Å². The molecule has 1 saturated heterocycles. The van der Waals surface area contributed by atoms with Crippen molar-refractivity contribution in [3.05, 3.63) is 63.2 Å². The molecule has 3 rings (SSSR count). The fraction of sp³-hybridized carbons (Fsp3) is 0.278. The molecule has 0 radical (unpaired) electrons. The van der Waals surface area contributed by atoms with Crippen LogP contribution in [-0.2, 0) is 10.0 Å². The van der Waals surface area contributed by atoms with Crippen molar-refractivity contribution >= 4 is 38.8 Å². The molecule has 0 bridgehead atoms. The number of piperazine rings is 1. The lowest BCUT2D eigenvalue weighted by molar-refractivity contribution is -0.384. The number of carbonyl (C=O) groups is 1. The minimum absolute atomic E-state index is 0.155. The Hall–Kier alpha value is -2.49. The number of Topliss-reactive ketones (excluding diaryl/α,β-unsaturated/α-hetero) is 1. The fourth-order valence-electron chi connectivity index (χ4n) is 3.08. The van der Waals surface area contributed by atoms with Gasteiger partial charge >= 0.3 is 0 Å². The summed E-state index contributed by atoms with van der Waals surface area (Å²) in [7, 11) is -3.66. The van der Waals surface area contributed by atoms with E-state index in [0.717, 1.165) is 0 Å². The first-order valence-electron chi connectivity index (χ1n) is 8.50. The summed E-state index contributed by atoms with van der Waals surface area (Å²) in [5, 5.41) is 11.9. The molecule has 0 aromatic heterocycles. The second-order valence-electron chi connectivity index (χ2n) is 6.36. The van der Waals surface area contributed by atoms with Gasteiger partial charge in [0.25, 0.3) is 5.69 Å². The van der Waals surface area contributed by atoms with E-state index in [0.29, 0.717) is 23.8 Å². The average molecular weight is 424 g/mol. The number of hydrogen-bond acceptors (Lipinski definition) is 6. The Morgan fingerprint density at radius 1 is 1.07 bits per heavy atom. The van der Waals surface area contributed by atoms with Gasteiger partial charge in [-0.2, -0.15) is 4.31 Å². The van der Waals surface area contributed by atoms with E-state index in [1.807, 2.05) is 0 Å². The molecule has 148 valence electrons. The van der Waals surface area contributed by atoms with Crippen LogP contribution in [0.25, 0.3) is 0 Å². The molecule has 8 nitrogen and oxygen atoms in total. The third-order valence-corrected chi connectivity index (χ3v) is 6.77. The first-order valence-corrected chi connectivity index (χ1v) is 10.3. The number of nitro groups is 1. The summed E-state index contributed by atoms with van der Waals surface area (Å²) in [6, 6.07) is 10.3. The molecule has 0 amide bonds. The third-order valence-electron chi connectivity index (χ3n) is 4.61. The predicted octanol–water partition coefficient (Wildman–Crippen LogP) is 2.96. The van der Waals surface area contributed by atoms with Gasteiger partial charge in [-0.15, -0.1) is 0 Å². The number of ketones is 1. The van der Waals surface area contributed by atoms with Gasteiger partial charge in [-0.3, -0.25) is 14.9 Å². The quantitative estimate of drug-likeness (QED) is 0.416. The molecular weight excluding hydrogens is 406 g/mol. The van der Waals surface area contributed by atoms with Gasteiger partial charge in [0.1, 0.15) is 5.69 Å². The van der Waals surface area contributed by atoms with Crippen molar-refractivity contribution < 1.29 is 18.1 Å². The van der Waals surface area contributed by atoms with Gasteiger partial charge in [-0.05, 0) is 43.3 Å². The van der Waals surface area contributed by atoms with E-state index in [4.69, 9.17) is 11.6 Å². The maximum absolute atomic E-state index is 12.8. The Labute approximate surface area is 167 Å². The normalized spacial score (nSPS) is 15.4. The highest BCUT2D eigenvalue weighted by atomic mass is 35.5. The second kappa shape index (κ2) is 7.86. The van der Waals surface area contributed by atoms with Crippen molar-refractivity contribution in [2.24, 2.45) is 0 Å². The summed E-state index contributed by atoms with van der Waals surface area (Å²) in [6.45, 7) is 2.33. The molecule has 0 atom stereocenters. The monoisotopic (exact) mass is 423 g/mol. The van der Waals surface area contributed by atoms with Gasteiger partial charge in [-0.1, -0.05) is 11.6 Å². The number of carbonyl (C=O) groups excluding carboxylic acids is 1. The molecule has 28 heavy (non-hydrogen) atoms. The molecule has 0 spiro atoms. The van der Waals surface area contributed by atoms with Crippen LogP contribution in [0, 0.1) is 10.1 Å². The average Bonchev–Trinajstić information content (AvgIpc) is 2.68. The van der Waals surface area contributed by atoms with Crippen molar-refractivity contribution in [2.75, 3.05) is 31.1 Å². The number of nitrogens with zero attached hydrogens (tertiary/aromatic N) is 3. The summed E-state index contributed by atoms with van der Waals surface area (Å²) in [5.41, 5.74) is 0.472. The zero-order valence-corrected chi connectivity index (χ0v) is 16.6. The van der Waals surface area contributed by atoms with E-state index >= 15 is 0 Å². The van der Waals surface area contributed by atoms with E-state index in [2.05, 4.69) is 0 Å². The molecule has 2 aromatic rings. The molecule has 0 saturated carbocycles. The van der Waals surface area contributed by atoms with Crippen LogP contribution in [0.15, 0.2) is 47.4 Å². The van der Waals surface area contributed by atoms with Gasteiger partial charge in [0.15, 0.2) is 5.78 Å². The van der Waals surface area contributed by atoms with Crippen molar-refractivity contribution in [2.45, 2.75) is 11.8 Å². The van der Waals surface area contributed by atoms with E-state index in [1.54, 1.807) is 11.0 Å². The molecular formula is C18H18ClN3O5S. The summed E-state index contributed by atoms with van der Waals surface area (Å²) >= 11 is 5.81. The Balaban J connectivity index is 1.79. The van der Waals surface area contributed by atoms with Crippen LogP contribution in [0.5, 0.6) is 0 Å². The van der Waals surface area contributed by atoms with E-state index in [9.17, 15) is 23.3 Å². The first-order chi connectivity index (χ1) is 13.2. The molecule has 0 unspecified atom stereocenters. The van der Waals surface area contributed by atoms with Crippen LogP contribution >= 0.6 is 11.6 Å². The molecule has 2 aromatic carbocycles. The summed E-state index contributed by atoms with van der Waals surface area (Å²) < 4.78 is 26.9. The van der Waals surface area contributed by atoms with Crippen LogP contribution in [0.4, 0.5) is 11.4 Å². The highest BCUT2D eigenvalue weighted by Gasteiger charge is 2.30. The molecule has 1 aliphatic heterocycles. The molecule has 10 heteroatoms. The van der Waals surface area contributed by atoms with Crippen molar-refractivity contribution in [1.29, 1.82) is 0 Å². The van der Waals surface area contributed by atoms with E-state index < -0.39 is 14.9 Å². The highest BCUT2D eigenvalue weighted by molar-refractivity contribution is 7.89. The van der Waals surface area contributed by atoms with Gasteiger partial charge in [-0.25, -0.2) is 8.42 Å². The summed E-state index contributed by atoms with van der Waals surface area (Å²) in [4.78, 5) is 24.3. The van der Waals surface area contributed by atoms with Gasteiger partial charge in [0, 0.05) is 42.8 Å². The summed E-state index contributed by atoms with van der Waals surface area (Å²) in [5.74, 6) is -0.256. The smallest absolute Gasteiger partial charge is 0.293 e. The second-order valence-corrected chi connectivity index (χ2v) is 8.74. The van der Waals surface area contributed by atoms with Crippen molar-refractivity contribution in [1.82, 2.24) is 4.31 Å². The van der Waals surface area contributed by atoms with E-state index in [1.165, 1.54) is 47.6 Å². The van der Waals surface area contributed by atoms with Crippen LogP contribution in [0.2, 0.25) is 5.02 Å². The molecule has 1 aliphatic rings. The lowest BCUT2D eigenvalue weighted by atomic mass is 10.1. The zero-order chi connectivity index (χ0) is 20.5. The van der Waals surface area contributed by atoms with Crippen molar-refractivity contribution in [3.8, 4) is 0 Å². The predicted molar refractivity (Wildman–Crippen MR) is 106 cm³/mol. The van der Waals surface area contributed by atoms with Crippen LogP contribution in [0.1, 0.15) is 17.3 Å². The highest BCUT2D eigenvalue weighted by Crippen LogP contribution is 2.31. The Bertz CT molecular complexity index is 1020. The largest absolute Gasteiger partial charge is 0.363 e. The number of halogens is 1. The van der Waals surface area contributed by atoms with Gasteiger partial charge < -0.3 is 4.90 Å². The standard InChI is InChI=1S/C18H18ClN3O5S/c1-13(23)14-2-7-17(18(12-14)22(24)25)20-8-10-21(11-9-20)28(26,27)16-5-3-15(19)4-6-16/h2-7,12H,8-11H2,1H3. The molecule has 1 heterocycles.